The summed E-state index contributed by atoms with van der Waals surface area (Å²) in [5.74, 6) is -1.10. The third-order valence-corrected chi connectivity index (χ3v) is 8.12. The normalized spacial score (nSPS) is 11.9. The number of methoxy groups -OCH3 is 1. The molecule has 1 N–H and O–H groups in total. The third-order valence-electron chi connectivity index (χ3n) is 6.04. The fourth-order valence-electron chi connectivity index (χ4n) is 4.06. The Hall–Kier alpha value is -3.63. The second-order valence-corrected chi connectivity index (χ2v) is 10.9. The molecule has 0 heterocycles. The largest absolute Gasteiger partial charge is 0.495 e. The predicted molar refractivity (Wildman–Crippen MR) is 149 cm³/mol. The van der Waals surface area contributed by atoms with Gasteiger partial charge in [0.05, 0.1) is 22.7 Å². The van der Waals surface area contributed by atoms with Crippen LogP contribution >= 0.6 is 11.6 Å². The molecule has 8 nitrogen and oxygen atoms in total. The molecule has 3 rings (SSSR count). The molecule has 0 aliphatic heterocycles. The number of hydrogen-bond donors (Lipinski definition) is 1. The summed E-state index contributed by atoms with van der Waals surface area (Å²) in [5.41, 5.74) is 0.725. The van der Waals surface area contributed by atoms with Crippen LogP contribution in [0.1, 0.15) is 25.8 Å². The molecule has 0 radical (unpaired) electrons. The lowest BCUT2D eigenvalue weighted by atomic mass is 10.1. The van der Waals surface area contributed by atoms with E-state index in [0.29, 0.717) is 17.9 Å². The van der Waals surface area contributed by atoms with Crippen LogP contribution in [0.25, 0.3) is 0 Å². The van der Waals surface area contributed by atoms with Crippen molar-refractivity contribution >= 4 is 39.1 Å². The van der Waals surface area contributed by atoms with Gasteiger partial charge in [-0.05, 0) is 61.4 Å². The monoisotopic (exact) mass is 575 g/mol. The maximum Gasteiger partial charge on any atom is 0.264 e. The summed E-state index contributed by atoms with van der Waals surface area (Å²) in [6, 6.07) is 16.8. The summed E-state index contributed by atoms with van der Waals surface area (Å²) in [5, 5.41) is 2.89. The quantitative estimate of drug-likeness (QED) is 0.340. The zero-order valence-electron chi connectivity index (χ0n) is 21.9. The summed E-state index contributed by atoms with van der Waals surface area (Å²) in [4.78, 5) is 28.1. The van der Waals surface area contributed by atoms with Crippen LogP contribution in [0, 0.1) is 5.82 Å². The second kappa shape index (κ2) is 13.4. The Morgan fingerprint density at radius 1 is 1.03 bits per heavy atom. The van der Waals surface area contributed by atoms with Crippen LogP contribution in [0.15, 0.2) is 77.7 Å². The molecule has 3 aromatic carbocycles. The topological polar surface area (TPSA) is 96.0 Å². The predicted octanol–water partition coefficient (Wildman–Crippen LogP) is 4.63. The summed E-state index contributed by atoms with van der Waals surface area (Å²) in [6.45, 7) is 3.23. The molecule has 11 heteroatoms. The molecular weight excluding hydrogens is 545 g/mol. The first-order chi connectivity index (χ1) is 18.6. The van der Waals surface area contributed by atoms with Gasteiger partial charge >= 0.3 is 0 Å². The molecule has 0 bridgehead atoms. The van der Waals surface area contributed by atoms with Crippen LogP contribution < -0.4 is 14.4 Å². The van der Waals surface area contributed by atoms with Crippen molar-refractivity contribution in [3.63, 3.8) is 0 Å². The Balaban J connectivity index is 2.07. The van der Waals surface area contributed by atoms with Gasteiger partial charge in [-0.25, -0.2) is 12.8 Å². The number of hydrogen-bond acceptors (Lipinski definition) is 5. The number of rotatable bonds is 12. The van der Waals surface area contributed by atoms with Gasteiger partial charge < -0.3 is 15.0 Å². The van der Waals surface area contributed by atoms with Crippen molar-refractivity contribution < 1.29 is 27.1 Å². The van der Waals surface area contributed by atoms with E-state index >= 15 is 0 Å². The van der Waals surface area contributed by atoms with Gasteiger partial charge in [0.1, 0.15) is 24.2 Å². The molecule has 0 spiro atoms. The van der Waals surface area contributed by atoms with E-state index in [9.17, 15) is 22.4 Å². The Bertz CT molecular complexity index is 1390. The molecule has 0 saturated heterocycles. The molecule has 0 aliphatic rings. The molecule has 2 amide bonds. The third kappa shape index (κ3) is 7.27. The highest BCUT2D eigenvalue weighted by atomic mass is 35.5. The molecule has 0 fully saturated rings. The van der Waals surface area contributed by atoms with Crippen molar-refractivity contribution in [2.75, 3.05) is 24.5 Å². The number of ether oxygens (including phenoxy) is 1. The standard InChI is InChI=1S/C28H31ClFN3O5S/c1-4-25(28(35)31-5-2)32(18-20-11-13-21(30)14-12-20)27(34)19-33(22-15-16-26(38-3)24(29)17-22)39(36,37)23-9-7-6-8-10-23/h6-17,25H,4-5,18-19H2,1-3H3,(H,31,35)/t25-/m0/s1. The number of nitrogens with one attached hydrogen (secondary N) is 1. The minimum absolute atomic E-state index is 0.0226. The van der Waals surface area contributed by atoms with E-state index in [-0.39, 0.29) is 34.5 Å². The molecular formula is C28H31ClFN3O5S. The van der Waals surface area contributed by atoms with E-state index in [2.05, 4.69) is 5.32 Å². The summed E-state index contributed by atoms with van der Waals surface area (Å²) in [6.07, 6.45) is 0.276. The van der Waals surface area contributed by atoms with Crippen molar-refractivity contribution in [1.82, 2.24) is 10.2 Å². The number of carbonyl (C=O) groups is 2. The number of sulfonamides is 1. The van der Waals surface area contributed by atoms with Gasteiger partial charge in [-0.2, -0.15) is 0 Å². The molecule has 0 aliphatic carbocycles. The lowest BCUT2D eigenvalue weighted by molar-refractivity contribution is -0.140. The first-order valence-electron chi connectivity index (χ1n) is 12.3. The van der Waals surface area contributed by atoms with Crippen LogP contribution in [0.4, 0.5) is 10.1 Å². The van der Waals surface area contributed by atoms with Gasteiger partial charge in [-0.3, -0.25) is 13.9 Å². The van der Waals surface area contributed by atoms with Gasteiger partial charge in [-0.1, -0.05) is 48.9 Å². The van der Waals surface area contributed by atoms with Gasteiger partial charge in [0.15, 0.2) is 0 Å². The Morgan fingerprint density at radius 2 is 1.69 bits per heavy atom. The van der Waals surface area contributed by atoms with Gasteiger partial charge in [0.25, 0.3) is 10.0 Å². The fraction of sp³-hybridized carbons (Fsp3) is 0.286. The highest BCUT2D eigenvalue weighted by Crippen LogP contribution is 2.32. The smallest absolute Gasteiger partial charge is 0.264 e. The maximum absolute atomic E-state index is 13.9. The van der Waals surface area contributed by atoms with Crippen LogP contribution in [0.2, 0.25) is 5.02 Å². The molecule has 0 unspecified atom stereocenters. The number of nitrogens with zero attached hydrogens (tertiary/aromatic N) is 2. The highest BCUT2D eigenvalue weighted by Gasteiger charge is 2.33. The average molecular weight is 576 g/mol. The van der Waals surface area contributed by atoms with E-state index in [1.807, 2.05) is 0 Å². The fourth-order valence-corrected chi connectivity index (χ4v) is 5.74. The van der Waals surface area contributed by atoms with E-state index in [0.717, 1.165) is 4.31 Å². The zero-order chi connectivity index (χ0) is 28.6. The number of amides is 2. The Morgan fingerprint density at radius 3 is 2.26 bits per heavy atom. The number of carbonyl (C=O) groups excluding carboxylic acids is 2. The molecule has 1 atom stereocenters. The highest BCUT2D eigenvalue weighted by molar-refractivity contribution is 7.92. The lowest BCUT2D eigenvalue weighted by Crippen LogP contribution is -2.52. The van der Waals surface area contributed by atoms with E-state index in [1.54, 1.807) is 32.0 Å². The summed E-state index contributed by atoms with van der Waals surface area (Å²) < 4.78 is 47.3. The van der Waals surface area contributed by atoms with Gasteiger partial charge in [0, 0.05) is 13.1 Å². The van der Waals surface area contributed by atoms with Crippen molar-refractivity contribution in [2.45, 2.75) is 37.8 Å². The number of likely N-dealkylation sites (N-methyl/N-ethyl adjacent to an activating group) is 1. The molecule has 208 valence electrons. The van der Waals surface area contributed by atoms with Crippen LogP contribution in [-0.2, 0) is 26.2 Å². The molecule has 0 saturated carbocycles. The number of halogens is 2. The summed E-state index contributed by atoms with van der Waals surface area (Å²) >= 11 is 6.31. The molecule has 39 heavy (non-hydrogen) atoms. The minimum atomic E-state index is -4.22. The molecule has 3 aromatic rings. The number of anilines is 1. The average Bonchev–Trinajstić information content (AvgIpc) is 2.93. The first kappa shape index (κ1) is 29.9. The van der Waals surface area contributed by atoms with Crippen LogP contribution in [-0.4, -0.2) is 51.4 Å². The first-order valence-corrected chi connectivity index (χ1v) is 14.2. The lowest BCUT2D eigenvalue weighted by Gasteiger charge is -2.33. The Kier molecular flexibility index (Phi) is 10.3. The van der Waals surface area contributed by atoms with Gasteiger partial charge in [0.2, 0.25) is 11.8 Å². The van der Waals surface area contributed by atoms with Crippen molar-refractivity contribution in [1.29, 1.82) is 0 Å². The Labute approximate surface area is 233 Å². The second-order valence-electron chi connectivity index (χ2n) is 8.61. The van der Waals surface area contributed by atoms with E-state index in [1.165, 1.54) is 66.6 Å². The minimum Gasteiger partial charge on any atom is -0.495 e. The van der Waals surface area contributed by atoms with E-state index < -0.39 is 34.3 Å². The summed E-state index contributed by atoms with van der Waals surface area (Å²) in [7, 11) is -2.79. The molecule has 0 aromatic heterocycles. The van der Waals surface area contributed by atoms with Crippen LogP contribution in [0.5, 0.6) is 5.75 Å². The van der Waals surface area contributed by atoms with Crippen molar-refractivity contribution in [2.24, 2.45) is 0 Å². The van der Waals surface area contributed by atoms with Gasteiger partial charge in [-0.15, -0.1) is 0 Å². The number of benzene rings is 3. The SMILES string of the molecule is CCNC(=O)[C@H](CC)N(Cc1ccc(F)cc1)C(=O)CN(c1ccc(OC)c(Cl)c1)S(=O)(=O)c1ccccc1. The maximum atomic E-state index is 13.9. The zero-order valence-corrected chi connectivity index (χ0v) is 23.5. The van der Waals surface area contributed by atoms with E-state index in [4.69, 9.17) is 16.3 Å². The van der Waals surface area contributed by atoms with Crippen LogP contribution in [0.3, 0.4) is 0 Å². The van der Waals surface area contributed by atoms with Crippen molar-refractivity contribution in [3.8, 4) is 5.75 Å². The van der Waals surface area contributed by atoms with Crippen molar-refractivity contribution in [3.05, 3.63) is 89.2 Å².